The first-order valence-corrected chi connectivity index (χ1v) is 3.79. The second kappa shape index (κ2) is 3.38. The lowest BCUT2D eigenvalue weighted by atomic mass is 10.2. The number of H-pyrrole nitrogens is 1. The van der Waals surface area contributed by atoms with E-state index in [0.29, 0.717) is 5.82 Å². The normalized spacial score (nSPS) is 10.0. The molecule has 0 aromatic carbocycles. The minimum absolute atomic E-state index is 0.0260. The Morgan fingerprint density at radius 3 is 2.69 bits per heavy atom. The summed E-state index contributed by atoms with van der Waals surface area (Å²) in [4.78, 5) is 27.9. The number of hydrogen-bond donors (Lipinski definition) is 2. The number of ketones is 1. The maximum absolute atomic E-state index is 11.2. The summed E-state index contributed by atoms with van der Waals surface area (Å²) in [6.07, 6.45) is -0.0888. The third-order valence-electron chi connectivity index (χ3n) is 1.54. The van der Waals surface area contributed by atoms with Crippen molar-refractivity contribution in [3.63, 3.8) is 0 Å². The van der Waals surface area contributed by atoms with Crippen LogP contribution in [0.5, 0.6) is 5.88 Å². The molecule has 13 heavy (non-hydrogen) atoms. The summed E-state index contributed by atoms with van der Waals surface area (Å²) < 4.78 is 0. The van der Waals surface area contributed by atoms with E-state index >= 15 is 0 Å². The first-order valence-electron chi connectivity index (χ1n) is 3.79. The Bertz CT molecular complexity index is 395. The number of aromatic hydroxyl groups is 1. The molecule has 5 heteroatoms. The average Bonchev–Trinajstić information content (AvgIpc) is 1.96. The highest BCUT2D eigenvalue weighted by Crippen LogP contribution is 2.08. The van der Waals surface area contributed by atoms with Crippen LogP contribution >= 0.6 is 0 Å². The van der Waals surface area contributed by atoms with Gasteiger partial charge in [-0.15, -0.1) is 0 Å². The van der Waals surface area contributed by atoms with Crippen molar-refractivity contribution >= 4 is 5.78 Å². The van der Waals surface area contributed by atoms with Crippen molar-refractivity contribution in [2.45, 2.75) is 20.3 Å². The fourth-order valence-electron chi connectivity index (χ4n) is 1.00. The predicted molar refractivity (Wildman–Crippen MR) is 45.6 cm³/mol. The zero-order chi connectivity index (χ0) is 10.0. The molecule has 1 rings (SSSR count). The van der Waals surface area contributed by atoms with E-state index in [1.807, 2.05) is 0 Å². The maximum Gasteiger partial charge on any atom is 0.258 e. The number of rotatable bonds is 2. The second-order valence-electron chi connectivity index (χ2n) is 2.83. The third-order valence-corrected chi connectivity index (χ3v) is 1.54. The van der Waals surface area contributed by atoms with E-state index in [9.17, 15) is 14.7 Å². The number of nitrogens with zero attached hydrogens (tertiary/aromatic N) is 1. The van der Waals surface area contributed by atoms with Crippen molar-refractivity contribution in [1.29, 1.82) is 0 Å². The molecule has 0 saturated carbocycles. The van der Waals surface area contributed by atoms with Crippen LogP contribution in [0, 0.1) is 6.92 Å². The number of carbonyl (C=O) groups excluding carboxylic acids is 1. The van der Waals surface area contributed by atoms with Gasteiger partial charge in [0.25, 0.3) is 5.56 Å². The zero-order valence-electron chi connectivity index (χ0n) is 7.42. The zero-order valence-corrected chi connectivity index (χ0v) is 7.42. The molecule has 0 aliphatic heterocycles. The van der Waals surface area contributed by atoms with Crippen LogP contribution in [0.25, 0.3) is 0 Å². The quantitative estimate of drug-likeness (QED) is 0.669. The van der Waals surface area contributed by atoms with Gasteiger partial charge in [-0.2, -0.15) is 0 Å². The van der Waals surface area contributed by atoms with Gasteiger partial charge in [0.2, 0.25) is 5.88 Å². The molecule has 0 aliphatic carbocycles. The largest absolute Gasteiger partial charge is 0.493 e. The Kier molecular flexibility index (Phi) is 2.46. The van der Waals surface area contributed by atoms with Gasteiger partial charge in [0, 0.05) is 6.42 Å². The van der Waals surface area contributed by atoms with Gasteiger partial charge in [-0.1, -0.05) is 0 Å². The number of hydrogen-bond acceptors (Lipinski definition) is 4. The fourth-order valence-corrected chi connectivity index (χ4v) is 1.00. The van der Waals surface area contributed by atoms with E-state index in [-0.39, 0.29) is 23.6 Å². The Labute approximate surface area is 74.4 Å². The monoisotopic (exact) mass is 182 g/mol. The van der Waals surface area contributed by atoms with E-state index in [1.165, 1.54) is 6.92 Å². The van der Waals surface area contributed by atoms with E-state index in [2.05, 4.69) is 9.97 Å². The maximum atomic E-state index is 11.2. The van der Waals surface area contributed by atoms with E-state index in [0.717, 1.165) is 0 Å². The molecule has 1 aromatic heterocycles. The summed E-state index contributed by atoms with van der Waals surface area (Å²) in [6.45, 7) is 2.90. The van der Waals surface area contributed by atoms with Crippen LogP contribution < -0.4 is 5.56 Å². The lowest BCUT2D eigenvalue weighted by Gasteiger charge is -2.00. The molecule has 0 spiro atoms. The Morgan fingerprint density at radius 1 is 1.62 bits per heavy atom. The molecule has 2 N–H and O–H groups in total. The molecule has 0 amide bonds. The summed E-state index contributed by atoms with van der Waals surface area (Å²) in [5, 5.41) is 9.24. The average molecular weight is 182 g/mol. The fraction of sp³-hybridized carbons (Fsp3) is 0.375. The molecule has 0 atom stereocenters. The molecule has 70 valence electrons. The van der Waals surface area contributed by atoms with Gasteiger partial charge in [0.05, 0.1) is 5.56 Å². The van der Waals surface area contributed by atoms with Crippen LogP contribution in [0.3, 0.4) is 0 Å². The van der Waals surface area contributed by atoms with Crippen LogP contribution in [0.2, 0.25) is 0 Å². The molecule has 1 heterocycles. The number of aromatic amines is 1. The van der Waals surface area contributed by atoms with Gasteiger partial charge in [-0.3, -0.25) is 9.59 Å². The van der Waals surface area contributed by atoms with Crippen molar-refractivity contribution < 1.29 is 9.90 Å². The van der Waals surface area contributed by atoms with Crippen LogP contribution in [0.15, 0.2) is 4.79 Å². The predicted octanol–water partition coefficient (Wildman–Crippen LogP) is -0.0846. The van der Waals surface area contributed by atoms with Crippen molar-refractivity contribution in [1.82, 2.24) is 9.97 Å². The number of Topliss-reactive ketones (excluding diaryl/α,β-unsaturated/α-hetero) is 1. The molecular formula is C8H10N2O3. The highest BCUT2D eigenvalue weighted by Gasteiger charge is 2.10. The molecule has 0 radical (unpaired) electrons. The molecule has 0 saturated heterocycles. The van der Waals surface area contributed by atoms with Gasteiger partial charge < -0.3 is 10.1 Å². The molecule has 0 aliphatic rings. The SMILES string of the molecule is CC(=O)Cc1c(O)nc(C)[nH]c1=O. The molecule has 0 fully saturated rings. The molecule has 5 nitrogen and oxygen atoms in total. The number of nitrogens with one attached hydrogen (secondary N) is 1. The first kappa shape index (κ1) is 9.44. The first-order chi connectivity index (χ1) is 6.00. The van der Waals surface area contributed by atoms with Crippen molar-refractivity contribution in [2.24, 2.45) is 0 Å². The van der Waals surface area contributed by atoms with Crippen molar-refractivity contribution in [3.05, 3.63) is 21.7 Å². The second-order valence-corrected chi connectivity index (χ2v) is 2.83. The Balaban J connectivity index is 3.21. The lowest BCUT2D eigenvalue weighted by molar-refractivity contribution is -0.116. The third kappa shape index (κ3) is 2.14. The number of aromatic nitrogens is 2. The van der Waals surface area contributed by atoms with Crippen LogP contribution in [0.1, 0.15) is 18.3 Å². The summed E-state index contributed by atoms with van der Waals surface area (Å²) in [5.41, 5.74) is -0.432. The Hall–Kier alpha value is -1.65. The smallest absolute Gasteiger partial charge is 0.258 e. The van der Waals surface area contributed by atoms with Gasteiger partial charge in [0.1, 0.15) is 11.6 Å². The summed E-state index contributed by atoms with van der Waals surface area (Å²) in [7, 11) is 0. The van der Waals surface area contributed by atoms with Crippen molar-refractivity contribution in [3.8, 4) is 5.88 Å². The number of carbonyl (C=O) groups is 1. The van der Waals surface area contributed by atoms with Gasteiger partial charge >= 0.3 is 0 Å². The van der Waals surface area contributed by atoms with Crippen LogP contribution in [-0.4, -0.2) is 20.9 Å². The minimum atomic E-state index is -0.458. The summed E-state index contributed by atoms with van der Waals surface area (Å²) in [5.74, 6) is -0.224. The van der Waals surface area contributed by atoms with E-state index < -0.39 is 5.56 Å². The molecule has 0 unspecified atom stereocenters. The molecule has 1 aromatic rings. The molecule has 0 bridgehead atoms. The standard InChI is InChI=1S/C8H10N2O3/c1-4(11)3-6-7(12)9-5(2)10-8(6)13/h3H2,1-2H3,(H2,9,10,12,13). The van der Waals surface area contributed by atoms with Crippen LogP contribution in [-0.2, 0) is 11.2 Å². The minimum Gasteiger partial charge on any atom is -0.493 e. The molecular weight excluding hydrogens is 172 g/mol. The van der Waals surface area contributed by atoms with Gasteiger partial charge in [0.15, 0.2) is 0 Å². The summed E-state index contributed by atoms with van der Waals surface area (Å²) >= 11 is 0. The topological polar surface area (TPSA) is 83.0 Å². The van der Waals surface area contributed by atoms with Gasteiger partial charge in [-0.05, 0) is 13.8 Å². The van der Waals surface area contributed by atoms with Gasteiger partial charge in [-0.25, -0.2) is 4.98 Å². The summed E-state index contributed by atoms with van der Waals surface area (Å²) in [6, 6.07) is 0. The van der Waals surface area contributed by atoms with E-state index in [4.69, 9.17) is 0 Å². The van der Waals surface area contributed by atoms with E-state index in [1.54, 1.807) is 6.92 Å². The highest BCUT2D eigenvalue weighted by atomic mass is 16.3. The van der Waals surface area contributed by atoms with Crippen molar-refractivity contribution in [2.75, 3.05) is 0 Å². The lowest BCUT2D eigenvalue weighted by Crippen LogP contribution is -2.17. The number of aryl methyl sites for hydroxylation is 1. The van der Waals surface area contributed by atoms with Crippen LogP contribution in [0.4, 0.5) is 0 Å². The highest BCUT2D eigenvalue weighted by molar-refractivity contribution is 5.78. The Morgan fingerprint density at radius 2 is 2.23 bits per heavy atom.